The predicted molar refractivity (Wildman–Crippen MR) is 48.4 cm³/mol. The van der Waals surface area contributed by atoms with Gasteiger partial charge in [-0.2, -0.15) is 0 Å². The molecule has 0 amide bonds. The van der Waals surface area contributed by atoms with Crippen molar-refractivity contribution in [1.29, 1.82) is 5.41 Å². The summed E-state index contributed by atoms with van der Waals surface area (Å²) in [5.74, 6) is 0.398. The van der Waals surface area contributed by atoms with Gasteiger partial charge in [0.15, 0.2) is 0 Å². The summed E-state index contributed by atoms with van der Waals surface area (Å²) in [6.07, 6.45) is 1.21. The van der Waals surface area contributed by atoms with Gasteiger partial charge in [0.05, 0.1) is 12.7 Å². The van der Waals surface area contributed by atoms with Crippen molar-refractivity contribution < 1.29 is 4.74 Å². The molecule has 0 fully saturated rings. The Balaban J connectivity index is 3.33. The van der Waals surface area contributed by atoms with Crippen LogP contribution in [-0.2, 0) is 0 Å². The SMILES string of the molecule is COc1nc(Cl)cc(C)c1C=N. The number of methoxy groups -OCH3 is 1. The number of ether oxygens (including phenoxy) is 1. The van der Waals surface area contributed by atoms with E-state index in [1.807, 2.05) is 6.92 Å². The first-order valence-electron chi connectivity index (χ1n) is 3.40. The predicted octanol–water partition coefficient (Wildman–Crippen LogP) is 2.05. The minimum atomic E-state index is 0.384. The summed E-state index contributed by atoms with van der Waals surface area (Å²) in [7, 11) is 1.51. The summed E-state index contributed by atoms with van der Waals surface area (Å²) < 4.78 is 4.95. The molecule has 1 aromatic rings. The first-order valence-corrected chi connectivity index (χ1v) is 3.78. The molecule has 1 N–H and O–H groups in total. The molecule has 64 valence electrons. The van der Waals surface area contributed by atoms with Gasteiger partial charge in [0.2, 0.25) is 5.88 Å². The van der Waals surface area contributed by atoms with E-state index in [1.54, 1.807) is 6.07 Å². The van der Waals surface area contributed by atoms with Crippen LogP contribution in [-0.4, -0.2) is 18.3 Å². The number of rotatable bonds is 2. The van der Waals surface area contributed by atoms with Crippen molar-refractivity contribution >= 4 is 17.8 Å². The fourth-order valence-corrected chi connectivity index (χ4v) is 1.19. The van der Waals surface area contributed by atoms with Crippen molar-refractivity contribution in [2.45, 2.75) is 6.92 Å². The smallest absolute Gasteiger partial charge is 0.223 e. The number of halogens is 1. The Morgan fingerprint density at radius 2 is 2.33 bits per heavy atom. The number of hydrogen-bond acceptors (Lipinski definition) is 3. The molecule has 3 nitrogen and oxygen atoms in total. The van der Waals surface area contributed by atoms with Crippen LogP contribution in [0.15, 0.2) is 6.07 Å². The van der Waals surface area contributed by atoms with Crippen molar-refractivity contribution in [2.24, 2.45) is 0 Å². The minimum Gasteiger partial charge on any atom is -0.480 e. The summed E-state index contributed by atoms with van der Waals surface area (Å²) in [6, 6.07) is 1.70. The third kappa shape index (κ3) is 1.56. The van der Waals surface area contributed by atoms with Gasteiger partial charge in [0.1, 0.15) is 5.15 Å². The molecule has 0 aromatic carbocycles. The van der Waals surface area contributed by atoms with E-state index in [9.17, 15) is 0 Å². The van der Waals surface area contributed by atoms with Crippen molar-refractivity contribution in [2.75, 3.05) is 7.11 Å². The molecule has 0 radical (unpaired) electrons. The van der Waals surface area contributed by atoms with Crippen LogP contribution in [0.5, 0.6) is 5.88 Å². The first kappa shape index (κ1) is 9.00. The van der Waals surface area contributed by atoms with Crippen LogP contribution >= 0.6 is 11.6 Å². The van der Waals surface area contributed by atoms with Gasteiger partial charge in [-0.05, 0) is 18.6 Å². The van der Waals surface area contributed by atoms with E-state index in [0.29, 0.717) is 16.6 Å². The lowest BCUT2D eigenvalue weighted by Gasteiger charge is -2.05. The second-order valence-electron chi connectivity index (χ2n) is 2.33. The molecule has 4 heteroatoms. The highest BCUT2D eigenvalue weighted by Crippen LogP contribution is 2.20. The van der Waals surface area contributed by atoms with Crippen LogP contribution in [0.3, 0.4) is 0 Å². The number of nitrogens with one attached hydrogen (secondary N) is 1. The van der Waals surface area contributed by atoms with Gasteiger partial charge >= 0.3 is 0 Å². The monoisotopic (exact) mass is 184 g/mol. The zero-order valence-corrected chi connectivity index (χ0v) is 7.64. The molecule has 1 aromatic heterocycles. The second-order valence-corrected chi connectivity index (χ2v) is 2.72. The summed E-state index contributed by atoms with van der Waals surface area (Å²) >= 11 is 5.69. The number of aryl methyl sites for hydroxylation is 1. The number of hydrogen-bond donors (Lipinski definition) is 1. The third-order valence-corrected chi connectivity index (χ3v) is 1.73. The van der Waals surface area contributed by atoms with Crippen LogP contribution in [0.2, 0.25) is 5.15 Å². The molecule has 0 unspecified atom stereocenters. The summed E-state index contributed by atoms with van der Waals surface area (Å²) in [4.78, 5) is 3.92. The van der Waals surface area contributed by atoms with E-state index in [-0.39, 0.29) is 0 Å². The average Bonchev–Trinajstić information content (AvgIpc) is 2.03. The minimum absolute atomic E-state index is 0.384. The van der Waals surface area contributed by atoms with Gasteiger partial charge in [0.25, 0.3) is 0 Å². The van der Waals surface area contributed by atoms with Crippen LogP contribution in [0.1, 0.15) is 11.1 Å². The fraction of sp³-hybridized carbons (Fsp3) is 0.250. The van der Waals surface area contributed by atoms with Crippen LogP contribution in [0.4, 0.5) is 0 Å². The van der Waals surface area contributed by atoms with E-state index in [4.69, 9.17) is 21.7 Å². The highest BCUT2D eigenvalue weighted by atomic mass is 35.5. The largest absolute Gasteiger partial charge is 0.480 e. The van der Waals surface area contributed by atoms with E-state index in [0.717, 1.165) is 5.56 Å². The molecule has 0 atom stereocenters. The quantitative estimate of drug-likeness (QED) is 0.565. The Labute approximate surface area is 75.8 Å². The Morgan fingerprint density at radius 3 is 2.83 bits per heavy atom. The van der Waals surface area contributed by atoms with E-state index < -0.39 is 0 Å². The fourth-order valence-electron chi connectivity index (χ4n) is 0.946. The maximum Gasteiger partial charge on any atom is 0.223 e. The standard InChI is InChI=1S/C8H9ClN2O/c1-5-3-7(9)11-8(12-2)6(5)4-10/h3-4,10H,1-2H3. The number of aromatic nitrogens is 1. The molecule has 0 bridgehead atoms. The van der Waals surface area contributed by atoms with Gasteiger partial charge in [-0.3, -0.25) is 0 Å². The van der Waals surface area contributed by atoms with Crippen molar-refractivity contribution in [3.05, 3.63) is 22.3 Å². The van der Waals surface area contributed by atoms with Gasteiger partial charge in [-0.15, -0.1) is 0 Å². The van der Waals surface area contributed by atoms with Gasteiger partial charge < -0.3 is 10.1 Å². The summed E-state index contributed by atoms with van der Waals surface area (Å²) in [5, 5.41) is 7.50. The lowest BCUT2D eigenvalue weighted by Crippen LogP contribution is -1.97. The molecule has 0 aliphatic rings. The Bertz CT molecular complexity index is 312. The van der Waals surface area contributed by atoms with Crippen LogP contribution in [0, 0.1) is 12.3 Å². The van der Waals surface area contributed by atoms with Gasteiger partial charge in [-0.1, -0.05) is 11.6 Å². The molecule has 0 saturated heterocycles. The highest BCUT2D eigenvalue weighted by molar-refractivity contribution is 6.29. The maximum absolute atomic E-state index is 7.11. The summed E-state index contributed by atoms with van der Waals surface area (Å²) in [5.41, 5.74) is 1.56. The van der Waals surface area contributed by atoms with Crippen molar-refractivity contribution in [3.63, 3.8) is 0 Å². The van der Waals surface area contributed by atoms with Crippen LogP contribution < -0.4 is 4.74 Å². The molecule has 1 rings (SSSR count). The topological polar surface area (TPSA) is 46.0 Å². The number of pyridine rings is 1. The summed E-state index contributed by atoms with van der Waals surface area (Å²) in [6.45, 7) is 1.86. The first-order chi connectivity index (χ1) is 5.69. The average molecular weight is 185 g/mol. The zero-order chi connectivity index (χ0) is 9.14. The van der Waals surface area contributed by atoms with E-state index >= 15 is 0 Å². The normalized spacial score (nSPS) is 9.58. The number of nitrogens with zero attached hydrogens (tertiary/aromatic N) is 1. The third-order valence-electron chi connectivity index (χ3n) is 1.54. The molecular weight excluding hydrogens is 176 g/mol. The Hall–Kier alpha value is -1.09. The molecule has 0 aliphatic heterocycles. The zero-order valence-electron chi connectivity index (χ0n) is 6.89. The highest BCUT2D eigenvalue weighted by Gasteiger charge is 2.06. The maximum atomic E-state index is 7.11. The van der Waals surface area contributed by atoms with Crippen LogP contribution in [0.25, 0.3) is 0 Å². The van der Waals surface area contributed by atoms with E-state index in [1.165, 1.54) is 13.3 Å². The lowest BCUT2D eigenvalue weighted by molar-refractivity contribution is 0.397. The Kier molecular flexibility index (Phi) is 2.65. The molecule has 0 aliphatic carbocycles. The van der Waals surface area contributed by atoms with E-state index in [2.05, 4.69) is 4.98 Å². The molecule has 1 heterocycles. The molecule has 0 saturated carbocycles. The van der Waals surface area contributed by atoms with Gasteiger partial charge in [0, 0.05) is 6.21 Å². The van der Waals surface area contributed by atoms with Crippen molar-refractivity contribution in [1.82, 2.24) is 4.98 Å². The lowest BCUT2D eigenvalue weighted by atomic mass is 10.2. The Morgan fingerprint density at radius 1 is 1.67 bits per heavy atom. The molecular formula is C8H9ClN2O. The molecule has 12 heavy (non-hydrogen) atoms. The molecule has 0 spiro atoms. The second kappa shape index (κ2) is 3.54. The van der Waals surface area contributed by atoms with Gasteiger partial charge in [-0.25, -0.2) is 4.98 Å². The van der Waals surface area contributed by atoms with Crippen molar-refractivity contribution in [3.8, 4) is 5.88 Å².